The second-order valence-corrected chi connectivity index (χ2v) is 9.83. The highest BCUT2D eigenvalue weighted by Gasteiger charge is 2.28. The average molecular weight is 478 g/mol. The molecule has 0 spiro atoms. The van der Waals surface area contributed by atoms with Gasteiger partial charge in [-0.15, -0.1) is 0 Å². The number of rotatable bonds is 7. The zero-order valence-corrected chi connectivity index (χ0v) is 19.3. The van der Waals surface area contributed by atoms with Gasteiger partial charge in [-0.05, 0) is 48.0 Å². The Balaban J connectivity index is 1.46. The lowest BCUT2D eigenvalue weighted by atomic mass is 10.1. The fourth-order valence-electron chi connectivity index (χ4n) is 3.61. The highest BCUT2D eigenvalue weighted by Crippen LogP contribution is 2.23. The molecule has 3 aromatic carbocycles. The molecule has 1 fully saturated rings. The molecule has 174 valence electrons. The molecule has 0 radical (unpaired) electrons. The lowest BCUT2D eigenvalue weighted by Crippen LogP contribution is -2.28. The van der Waals surface area contributed by atoms with Gasteiger partial charge in [0.1, 0.15) is 0 Å². The number of sulfonamides is 1. The van der Waals surface area contributed by atoms with Crippen LogP contribution in [0.1, 0.15) is 28.8 Å². The number of benzene rings is 3. The summed E-state index contributed by atoms with van der Waals surface area (Å²) in [5, 5.41) is 2.74. The molecule has 0 bridgehead atoms. The minimum Gasteiger partial charge on any atom is -0.322 e. The molecule has 3 amide bonds. The van der Waals surface area contributed by atoms with E-state index in [0.29, 0.717) is 11.4 Å². The maximum absolute atomic E-state index is 13.0. The third-order valence-electron chi connectivity index (χ3n) is 5.58. The third-order valence-corrected chi connectivity index (χ3v) is 7.36. The first-order chi connectivity index (χ1) is 16.3. The van der Waals surface area contributed by atoms with Crippen LogP contribution in [0.25, 0.3) is 0 Å². The fourth-order valence-corrected chi connectivity index (χ4v) is 4.85. The first kappa shape index (κ1) is 23.2. The summed E-state index contributed by atoms with van der Waals surface area (Å²) in [7, 11) is -2.39. The van der Waals surface area contributed by atoms with Crippen molar-refractivity contribution in [3.05, 3.63) is 90.0 Å². The summed E-state index contributed by atoms with van der Waals surface area (Å²) >= 11 is 0. The van der Waals surface area contributed by atoms with E-state index >= 15 is 0 Å². The average Bonchev–Trinajstić information content (AvgIpc) is 3.17. The highest BCUT2D eigenvalue weighted by atomic mass is 32.2. The number of nitrogens with one attached hydrogen (secondary N) is 1. The molecule has 1 aliphatic heterocycles. The van der Waals surface area contributed by atoms with Crippen molar-refractivity contribution >= 4 is 39.1 Å². The van der Waals surface area contributed by atoms with Crippen molar-refractivity contribution in [3.8, 4) is 0 Å². The van der Waals surface area contributed by atoms with Crippen LogP contribution in [0.2, 0.25) is 0 Å². The van der Waals surface area contributed by atoms with E-state index in [1.807, 2.05) is 0 Å². The summed E-state index contributed by atoms with van der Waals surface area (Å²) in [6.07, 6.45) is 0.478. The first-order valence-corrected chi connectivity index (χ1v) is 12.1. The van der Waals surface area contributed by atoms with Gasteiger partial charge in [-0.25, -0.2) is 8.42 Å². The minimum atomic E-state index is -3.85. The number of nitrogens with zero attached hydrogens (tertiary/aromatic N) is 2. The Labute approximate surface area is 197 Å². The summed E-state index contributed by atoms with van der Waals surface area (Å²) < 4.78 is 27.2. The SMILES string of the molecule is CN(c1ccccc1)S(=O)(=O)c1cccc(C(=O)Nc2ccc(CN3C(=O)CCC3=O)cc2)c1. The van der Waals surface area contributed by atoms with Gasteiger partial charge >= 0.3 is 0 Å². The molecule has 0 unspecified atom stereocenters. The molecule has 0 saturated carbocycles. The largest absolute Gasteiger partial charge is 0.322 e. The van der Waals surface area contributed by atoms with Crippen LogP contribution < -0.4 is 9.62 Å². The number of hydrogen-bond donors (Lipinski definition) is 1. The number of anilines is 2. The first-order valence-electron chi connectivity index (χ1n) is 10.6. The van der Waals surface area contributed by atoms with Crippen molar-refractivity contribution in [1.29, 1.82) is 0 Å². The molecular formula is C25H23N3O5S. The number of amides is 3. The van der Waals surface area contributed by atoms with E-state index in [9.17, 15) is 22.8 Å². The summed E-state index contributed by atoms with van der Waals surface area (Å²) in [5.74, 6) is -0.831. The van der Waals surface area contributed by atoms with Crippen LogP contribution in [0.3, 0.4) is 0 Å². The third kappa shape index (κ3) is 4.84. The second-order valence-electron chi connectivity index (χ2n) is 7.86. The molecule has 34 heavy (non-hydrogen) atoms. The monoisotopic (exact) mass is 477 g/mol. The van der Waals surface area contributed by atoms with Gasteiger partial charge in [0, 0.05) is 31.1 Å². The molecule has 1 N–H and O–H groups in total. The van der Waals surface area contributed by atoms with Gasteiger partial charge in [0.25, 0.3) is 15.9 Å². The summed E-state index contributed by atoms with van der Waals surface area (Å²) in [6, 6.07) is 21.3. The Morgan fingerprint density at radius 3 is 2.21 bits per heavy atom. The topological polar surface area (TPSA) is 104 Å². The number of imide groups is 1. The lowest BCUT2D eigenvalue weighted by molar-refractivity contribution is -0.139. The molecule has 1 heterocycles. The number of carbonyl (C=O) groups is 3. The van der Waals surface area contributed by atoms with Crippen LogP contribution in [0.5, 0.6) is 0 Å². The number of hydrogen-bond acceptors (Lipinski definition) is 5. The zero-order valence-electron chi connectivity index (χ0n) is 18.5. The van der Waals surface area contributed by atoms with Crippen molar-refractivity contribution in [1.82, 2.24) is 4.90 Å². The standard InChI is InChI=1S/C25H23N3O5S/c1-27(21-7-3-2-4-8-21)34(32,33)22-9-5-6-19(16-22)25(31)26-20-12-10-18(11-13-20)17-28-23(29)14-15-24(28)30/h2-13,16H,14-15,17H2,1H3,(H,26,31). The molecular weight excluding hydrogens is 454 g/mol. The van der Waals surface area contributed by atoms with E-state index in [-0.39, 0.29) is 41.7 Å². The van der Waals surface area contributed by atoms with Gasteiger partial charge in [-0.1, -0.05) is 36.4 Å². The Bertz CT molecular complexity index is 1320. The zero-order chi connectivity index (χ0) is 24.3. The number of para-hydroxylation sites is 1. The van der Waals surface area contributed by atoms with E-state index in [4.69, 9.17) is 0 Å². The van der Waals surface area contributed by atoms with Crippen LogP contribution in [0.15, 0.2) is 83.8 Å². The summed E-state index contributed by atoms with van der Waals surface area (Å²) in [5.41, 5.74) is 1.97. The predicted molar refractivity (Wildman–Crippen MR) is 128 cm³/mol. The molecule has 3 aromatic rings. The summed E-state index contributed by atoms with van der Waals surface area (Å²) in [4.78, 5) is 37.6. The molecule has 0 aliphatic carbocycles. The molecule has 0 aromatic heterocycles. The number of carbonyl (C=O) groups excluding carboxylic acids is 3. The lowest BCUT2D eigenvalue weighted by Gasteiger charge is -2.19. The molecule has 1 saturated heterocycles. The van der Waals surface area contributed by atoms with Crippen LogP contribution >= 0.6 is 0 Å². The maximum Gasteiger partial charge on any atom is 0.264 e. The van der Waals surface area contributed by atoms with Crippen LogP contribution in [0, 0.1) is 0 Å². The molecule has 0 atom stereocenters. The van der Waals surface area contributed by atoms with E-state index in [2.05, 4.69) is 5.32 Å². The van der Waals surface area contributed by atoms with Crippen LogP contribution in [0.4, 0.5) is 11.4 Å². The Morgan fingerprint density at radius 1 is 0.912 bits per heavy atom. The minimum absolute atomic E-state index is 0.00167. The van der Waals surface area contributed by atoms with E-state index in [0.717, 1.165) is 5.56 Å². The van der Waals surface area contributed by atoms with Gasteiger partial charge in [0.05, 0.1) is 17.1 Å². The summed E-state index contributed by atoms with van der Waals surface area (Å²) in [6.45, 7) is 0.195. The van der Waals surface area contributed by atoms with Gasteiger partial charge in [-0.2, -0.15) is 0 Å². The maximum atomic E-state index is 13.0. The van der Waals surface area contributed by atoms with Crippen molar-refractivity contribution < 1.29 is 22.8 Å². The van der Waals surface area contributed by atoms with Gasteiger partial charge in [-0.3, -0.25) is 23.6 Å². The molecule has 1 aliphatic rings. The van der Waals surface area contributed by atoms with Gasteiger partial charge < -0.3 is 5.32 Å². The van der Waals surface area contributed by atoms with E-state index in [1.54, 1.807) is 54.6 Å². The van der Waals surface area contributed by atoms with Crippen molar-refractivity contribution in [2.45, 2.75) is 24.3 Å². The van der Waals surface area contributed by atoms with E-state index < -0.39 is 15.9 Å². The quantitative estimate of drug-likeness (QED) is 0.525. The second kappa shape index (κ2) is 9.48. The molecule has 9 heteroatoms. The Hall–Kier alpha value is -3.98. The normalized spacial score (nSPS) is 13.7. The molecule has 8 nitrogen and oxygen atoms in total. The van der Waals surface area contributed by atoms with Crippen molar-refractivity contribution in [2.75, 3.05) is 16.7 Å². The smallest absolute Gasteiger partial charge is 0.264 e. The number of likely N-dealkylation sites (tertiary alicyclic amines) is 1. The molecule has 4 rings (SSSR count). The Kier molecular flexibility index (Phi) is 6.47. The van der Waals surface area contributed by atoms with Crippen molar-refractivity contribution in [2.24, 2.45) is 0 Å². The van der Waals surface area contributed by atoms with Crippen LogP contribution in [-0.4, -0.2) is 38.1 Å². The Morgan fingerprint density at radius 2 is 1.56 bits per heavy atom. The van der Waals surface area contributed by atoms with Gasteiger partial charge in [0.15, 0.2) is 0 Å². The predicted octanol–water partition coefficient (Wildman–Crippen LogP) is 3.41. The van der Waals surface area contributed by atoms with Crippen LogP contribution in [-0.2, 0) is 26.2 Å². The highest BCUT2D eigenvalue weighted by molar-refractivity contribution is 7.92. The van der Waals surface area contributed by atoms with Crippen molar-refractivity contribution in [3.63, 3.8) is 0 Å². The fraction of sp³-hybridized carbons (Fsp3) is 0.160. The van der Waals surface area contributed by atoms with E-state index in [1.165, 1.54) is 40.5 Å². The van der Waals surface area contributed by atoms with Gasteiger partial charge in [0.2, 0.25) is 11.8 Å².